The minimum atomic E-state index is -0.703. The first-order valence-corrected chi connectivity index (χ1v) is 23.4. The maximum atomic E-state index is 14.6. The fourth-order valence-electron chi connectivity index (χ4n) is 10.9. The summed E-state index contributed by atoms with van der Waals surface area (Å²) in [4.78, 5) is 70.8. The van der Waals surface area contributed by atoms with Crippen molar-refractivity contribution in [3.05, 3.63) is 65.6 Å². The van der Waals surface area contributed by atoms with Gasteiger partial charge in [-0.25, -0.2) is 14.6 Å². The van der Waals surface area contributed by atoms with E-state index in [0.717, 1.165) is 106 Å². The second-order valence-electron chi connectivity index (χ2n) is 18.4. The van der Waals surface area contributed by atoms with Gasteiger partial charge in [0, 0.05) is 43.0 Å². The van der Waals surface area contributed by atoms with Gasteiger partial charge in [-0.15, -0.1) is 0 Å². The molecule has 0 spiro atoms. The number of methoxy groups -OCH3 is 2. The summed E-state index contributed by atoms with van der Waals surface area (Å²) in [5.41, 5.74) is 8.04. The van der Waals surface area contributed by atoms with Gasteiger partial charge in [0.2, 0.25) is 11.8 Å². The van der Waals surface area contributed by atoms with E-state index in [1.807, 2.05) is 36.8 Å². The molecule has 65 heavy (non-hydrogen) atoms. The number of aliphatic imine (C=N–C) groups is 1. The highest BCUT2D eigenvalue weighted by Crippen LogP contribution is 2.46. The molecule has 7 atom stereocenters. The number of H-pyrrole nitrogens is 1. The Morgan fingerprint density at radius 1 is 0.877 bits per heavy atom. The number of nitrogens with one attached hydrogen (secondary N) is 3. The normalized spacial score (nSPS) is 22.8. The molecule has 15 heteroatoms. The van der Waals surface area contributed by atoms with Gasteiger partial charge in [-0.3, -0.25) is 14.6 Å². The third kappa shape index (κ3) is 8.32. The first kappa shape index (κ1) is 44.3. The Morgan fingerprint density at radius 3 is 2.40 bits per heavy atom. The molecule has 3 N–H and O–H groups in total. The molecule has 0 radical (unpaired) electrons. The van der Waals surface area contributed by atoms with Crippen LogP contribution in [-0.2, 0) is 36.8 Å². The maximum Gasteiger partial charge on any atom is 0.407 e. The molecular formula is C50H61N7O8. The molecule has 5 aliphatic rings. The molecule has 15 nitrogen and oxygen atoms in total. The minimum absolute atomic E-state index is 0.0138. The van der Waals surface area contributed by atoms with Gasteiger partial charge in [0.1, 0.15) is 30.3 Å². The summed E-state index contributed by atoms with van der Waals surface area (Å²) in [6.45, 7) is 9.65. The van der Waals surface area contributed by atoms with Crippen LogP contribution < -0.4 is 15.4 Å². The zero-order chi connectivity index (χ0) is 45.5. The number of hydrogen-bond donors (Lipinski definition) is 3. The molecule has 0 aliphatic carbocycles. The minimum Gasteiger partial charge on any atom is -0.488 e. The van der Waals surface area contributed by atoms with Gasteiger partial charge >= 0.3 is 12.2 Å². The zero-order valence-electron chi connectivity index (χ0n) is 38.3. The molecule has 9 rings (SSSR count). The van der Waals surface area contributed by atoms with Gasteiger partial charge in [0.25, 0.3) is 0 Å². The van der Waals surface area contributed by atoms with Gasteiger partial charge in [-0.2, -0.15) is 0 Å². The number of amides is 4. The SMILES string of the molecule is CC[C@H]1CC[C@@H](C2=Nc3ccc4cc5c(cc4c3C2)OCc2cc(-c3cnc([C@@H]4CC[C@H](C)N4C(=O)[C@@H](NC(=O)OC)[C@@H](C)CC)[nH]3)ccc2-5)N1C(=O)C(NC(=O)OC)C1CCOCC1. The molecule has 5 aliphatic heterocycles. The van der Waals surface area contributed by atoms with Gasteiger partial charge in [-0.05, 0) is 121 Å². The van der Waals surface area contributed by atoms with Crippen LogP contribution in [0, 0.1) is 11.8 Å². The Morgan fingerprint density at radius 2 is 1.65 bits per heavy atom. The van der Waals surface area contributed by atoms with Crippen molar-refractivity contribution < 1.29 is 38.1 Å². The first-order valence-electron chi connectivity index (χ1n) is 23.4. The predicted octanol–water partition coefficient (Wildman–Crippen LogP) is 8.16. The van der Waals surface area contributed by atoms with Gasteiger partial charge < -0.3 is 44.4 Å². The summed E-state index contributed by atoms with van der Waals surface area (Å²) in [6, 6.07) is 13.2. The molecule has 3 fully saturated rings. The number of hydrogen-bond acceptors (Lipinski definition) is 10. The molecule has 4 amide bonds. The highest BCUT2D eigenvalue weighted by Gasteiger charge is 2.45. The van der Waals surface area contributed by atoms with Crippen molar-refractivity contribution in [1.29, 1.82) is 0 Å². The van der Waals surface area contributed by atoms with E-state index >= 15 is 0 Å². The lowest BCUT2D eigenvalue weighted by atomic mass is 9.89. The summed E-state index contributed by atoms with van der Waals surface area (Å²) in [5, 5.41) is 7.86. The van der Waals surface area contributed by atoms with Crippen molar-refractivity contribution in [3.8, 4) is 28.1 Å². The van der Waals surface area contributed by atoms with Crippen LogP contribution in [0.3, 0.4) is 0 Å². The van der Waals surface area contributed by atoms with E-state index in [-0.39, 0.29) is 47.8 Å². The van der Waals surface area contributed by atoms with Crippen molar-refractivity contribution in [2.24, 2.45) is 16.8 Å². The standard InChI is InChI=1S/C50H61N7O8/c1-7-27(3)44(54-49(60)62-5)47(58)56-28(4)9-15-42(56)46-51-25-40(53-46)31-10-13-34-32(21-31)26-65-43-24-35-30(22-37(34)43)11-14-38-36(35)23-39(52-38)41-16-12-33(8-2)57(41)48(59)45(55-50(61)63-6)29-17-19-64-20-18-29/h10-11,13-14,21-22,24-25,27-29,33,41-42,44-45H,7-9,12,15-20,23,26H2,1-6H3,(H,51,53)(H,54,60)(H,55,61)/t27-,28-,33-,41-,42-,44-,45?/m0/s1. The number of carbonyl (C=O) groups is 4. The van der Waals surface area contributed by atoms with Crippen molar-refractivity contribution in [2.75, 3.05) is 27.4 Å². The topological polar surface area (TPSA) is 177 Å². The highest BCUT2D eigenvalue weighted by atomic mass is 16.5. The summed E-state index contributed by atoms with van der Waals surface area (Å²) >= 11 is 0. The first-order chi connectivity index (χ1) is 31.5. The number of rotatable bonds is 11. The van der Waals surface area contributed by atoms with Crippen molar-refractivity contribution >= 4 is 46.2 Å². The van der Waals surface area contributed by atoms with E-state index in [0.29, 0.717) is 39.1 Å². The summed E-state index contributed by atoms with van der Waals surface area (Å²) in [6.07, 6.45) is 7.45. The molecule has 1 unspecified atom stereocenters. The van der Waals surface area contributed by atoms with Crippen LogP contribution in [0.25, 0.3) is 33.2 Å². The highest BCUT2D eigenvalue weighted by molar-refractivity contribution is 6.07. The summed E-state index contributed by atoms with van der Waals surface area (Å²) in [7, 11) is 2.63. The lowest BCUT2D eigenvalue weighted by Gasteiger charge is -2.37. The number of aromatic amines is 1. The van der Waals surface area contributed by atoms with Crippen LogP contribution in [0.15, 0.2) is 53.7 Å². The number of benzene rings is 3. The smallest absolute Gasteiger partial charge is 0.407 e. The summed E-state index contributed by atoms with van der Waals surface area (Å²) < 4.78 is 21.9. The molecule has 0 bridgehead atoms. The second-order valence-corrected chi connectivity index (χ2v) is 18.4. The van der Waals surface area contributed by atoms with E-state index in [4.69, 9.17) is 28.9 Å². The Hall–Kier alpha value is -5.96. The monoisotopic (exact) mass is 887 g/mol. The van der Waals surface area contributed by atoms with Crippen molar-refractivity contribution in [1.82, 2.24) is 30.4 Å². The average molecular weight is 888 g/mol. The van der Waals surface area contributed by atoms with E-state index in [1.54, 1.807) is 0 Å². The van der Waals surface area contributed by atoms with Crippen LogP contribution in [0.1, 0.15) is 102 Å². The predicted molar refractivity (Wildman–Crippen MR) is 246 cm³/mol. The van der Waals surface area contributed by atoms with E-state index in [9.17, 15) is 19.2 Å². The zero-order valence-corrected chi connectivity index (χ0v) is 38.3. The number of aromatic nitrogens is 2. The Labute approximate surface area is 380 Å². The van der Waals surface area contributed by atoms with Crippen LogP contribution in [-0.4, -0.2) is 107 Å². The molecule has 1 aromatic heterocycles. The number of alkyl carbamates (subject to hydrolysis) is 2. The maximum absolute atomic E-state index is 14.6. The van der Waals surface area contributed by atoms with Gasteiger partial charge in [-0.1, -0.05) is 45.4 Å². The van der Waals surface area contributed by atoms with Crippen LogP contribution in [0.5, 0.6) is 5.75 Å². The lowest BCUT2D eigenvalue weighted by molar-refractivity contribution is -0.138. The molecule has 0 saturated carbocycles. The Kier molecular flexibility index (Phi) is 12.6. The largest absolute Gasteiger partial charge is 0.488 e. The molecule has 6 heterocycles. The number of likely N-dealkylation sites (tertiary alicyclic amines) is 2. The average Bonchev–Trinajstić information content (AvgIpc) is 4.17. The second kappa shape index (κ2) is 18.5. The Balaban J connectivity index is 0.938. The molecule has 4 aromatic rings. The third-order valence-corrected chi connectivity index (χ3v) is 14.8. The number of ether oxygens (including phenoxy) is 4. The molecule has 344 valence electrons. The fraction of sp³-hybridized carbons (Fsp3) is 0.520. The van der Waals surface area contributed by atoms with Gasteiger partial charge in [0.15, 0.2) is 0 Å². The number of nitrogens with zero attached hydrogens (tertiary/aromatic N) is 4. The van der Waals surface area contributed by atoms with Crippen molar-refractivity contribution in [2.45, 2.75) is 128 Å². The van der Waals surface area contributed by atoms with E-state index in [2.05, 4.69) is 65.0 Å². The summed E-state index contributed by atoms with van der Waals surface area (Å²) in [5.74, 6) is 1.23. The van der Waals surface area contributed by atoms with E-state index < -0.39 is 24.3 Å². The van der Waals surface area contributed by atoms with Crippen LogP contribution >= 0.6 is 0 Å². The van der Waals surface area contributed by atoms with Crippen LogP contribution in [0.2, 0.25) is 0 Å². The number of imidazole rings is 1. The Bertz CT molecular complexity index is 2510. The molecular weight excluding hydrogens is 827 g/mol. The molecule has 3 aromatic carbocycles. The van der Waals surface area contributed by atoms with Crippen LogP contribution in [0.4, 0.5) is 15.3 Å². The number of fused-ring (bicyclic) bond motifs is 6. The lowest BCUT2D eigenvalue weighted by Crippen LogP contribution is -2.57. The fourth-order valence-corrected chi connectivity index (χ4v) is 10.9. The number of carbonyl (C=O) groups excluding carboxylic acids is 4. The quantitative estimate of drug-likeness (QED) is 0.134. The van der Waals surface area contributed by atoms with E-state index in [1.165, 1.54) is 14.2 Å². The third-order valence-electron chi connectivity index (χ3n) is 14.8. The van der Waals surface area contributed by atoms with Crippen molar-refractivity contribution in [3.63, 3.8) is 0 Å². The molecule has 3 saturated heterocycles. The van der Waals surface area contributed by atoms with Gasteiger partial charge in [0.05, 0.1) is 43.9 Å².